The van der Waals surface area contributed by atoms with Gasteiger partial charge in [0.25, 0.3) is 0 Å². The van der Waals surface area contributed by atoms with Gasteiger partial charge in [-0.3, -0.25) is 19.3 Å². The molecule has 0 bridgehead atoms. The summed E-state index contributed by atoms with van der Waals surface area (Å²) in [5.41, 5.74) is -0.457. The molecule has 1 aliphatic carbocycles. The second-order valence-corrected chi connectivity index (χ2v) is 8.54. The van der Waals surface area contributed by atoms with Crippen molar-refractivity contribution in [3.63, 3.8) is 0 Å². The van der Waals surface area contributed by atoms with Crippen LogP contribution in [0.1, 0.15) is 38.2 Å². The van der Waals surface area contributed by atoms with Crippen LogP contribution in [-0.4, -0.2) is 55.0 Å². The van der Waals surface area contributed by atoms with E-state index in [1.54, 1.807) is 0 Å². The molecule has 3 aliphatic rings. The molecule has 3 fully saturated rings. The largest absolute Gasteiger partial charge is 0.416 e. The van der Waals surface area contributed by atoms with Crippen LogP contribution >= 0.6 is 0 Å². The summed E-state index contributed by atoms with van der Waals surface area (Å²) in [6.45, 7) is 3.21. The highest BCUT2D eigenvalue weighted by Crippen LogP contribution is 2.39. The van der Waals surface area contributed by atoms with E-state index < -0.39 is 35.5 Å². The maximum absolute atomic E-state index is 13.3. The van der Waals surface area contributed by atoms with Crippen LogP contribution in [0.3, 0.4) is 0 Å². The molecule has 0 unspecified atom stereocenters. The van der Waals surface area contributed by atoms with Crippen LogP contribution in [0.25, 0.3) is 0 Å². The Morgan fingerprint density at radius 1 is 1.09 bits per heavy atom. The molecule has 174 valence electrons. The van der Waals surface area contributed by atoms with Gasteiger partial charge in [-0.1, -0.05) is 12.8 Å². The van der Waals surface area contributed by atoms with Gasteiger partial charge in [0, 0.05) is 13.1 Å². The highest BCUT2D eigenvalue weighted by Gasteiger charge is 2.50. The van der Waals surface area contributed by atoms with Gasteiger partial charge in [0.2, 0.25) is 17.7 Å². The molecular weight excluding hydrogens is 427 g/mol. The van der Waals surface area contributed by atoms with Crippen molar-refractivity contribution in [2.75, 3.05) is 36.5 Å². The molecule has 1 aromatic rings. The number of benzene rings is 1. The number of hydrogen-bond donors (Lipinski definition) is 1. The van der Waals surface area contributed by atoms with Crippen molar-refractivity contribution in [3.05, 3.63) is 23.8 Å². The van der Waals surface area contributed by atoms with E-state index in [1.165, 1.54) is 13.0 Å². The number of nitrogens with one attached hydrogen (secondary N) is 1. The number of carbonyl (C=O) groups excluding carboxylic acids is 3. The number of alkyl halides is 3. The summed E-state index contributed by atoms with van der Waals surface area (Å²) < 4.78 is 45.2. The molecule has 2 heterocycles. The summed E-state index contributed by atoms with van der Waals surface area (Å²) in [4.78, 5) is 41.5. The first kappa shape index (κ1) is 22.6. The summed E-state index contributed by atoms with van der Waals surface area (Å²) >= 11 is 0. The summed E-state index contributed by atoms with van der Waals surface area (Å²) in [5, 5.41) is 2.55. The number of imide groups is 1. The smallest absolute Gasteiger partial charge is 0.378 e. The van der Waals surface area contributed by atoms with Crippen LogP contribution in [-0.2, 0) is 25.3 Å². The van der Waals surface area contributed by atoms with E-state index in [-0.39, 0.29) is 17.5 Å². The fraction of sp³-hybridized carbons (Fsp3) is 0.591. The Balaban J connectivity index is 1.58. The molecule has 1 aromatic carbocycles. The van der Waals surface area contributed by atoms with Crippen molar-refractivity contribution in [3.8, 4) is 0 Å². The van der Waals surface area contributed by atoms with Crippen molar-refractivity contribution in [1.82, 2.24) is 4.90 Å². The van der Waals surface area contributed by atoms with Crippen LogP contribution in [0.4, 0.5) is 24.5 Å². The van der Waals surface area contributed by atoms with Gasteiger partial charge in [-0.15, -0.1) is 0 Å². The zero-order valence-electron chi connectivity index (χ0n) is 17.8. The minimum Gasteiger partial charge on any atom is -0.378 e. The van der Waals surface area contributed by atoms with Gasteiger partial charge in [0.15, 0.2) is 0 Å². The summed E-state index contributed by atoms with van der Waals surface area (Å²) in [6.07, 6.45) is -1.61. The number of hydrogen-bond acceptors (Lipinski definition) is 5. The third-order valence-electron chi connectivity index (χ3n) is 6.58. The standard InChI is InChI=1S/C22H26F3N3O4/c1-13(28-20(30)15-4-2-3-5-16(15)21(28)31)19(29)26-17-12-14(22(23,24)25)6-7-18(17)27-8-10-32-11-9-27/h6-7,12-13,15-16H,2-5,8-11H2,1H3,(H,26,29)/t13-,15-,16+/m0/s1. The number of ether oxygens (including phenoxy) is 1. The number of fused-ring (bicyclic) bond motifs is 1. The van der Waals surface area contributed by atoms with E-state index in [4.69, 9.17) is 4.74 Å². The van der Waals surface area contributed by atoms with Crippen LogP contribution in [0, 0.1) is 11.8 Å². The Bertz CT molecular complexity index is 890. The molecule has 0 spiro atoms. The van der Waals surface area contributed by atoms with Crippen molar-refractivity contribution in [1.29, 1.82) is 0 Å². The van der Waals surface area contributed by atoms with Crippen molar-refractivity contribution in [2.45, 2.75) is 44.8 Å². The Labute approximate surface area is 183 Å². The van der Waals surface area contributed by atoms with Crippen LogP contribution in [0.5, 0.6) is 0 Å². The number of likely N-dealkylation sites (tertiary alicyclic amines) is 1. The van der Waals surface area contributed by atoms with Gasteiger partial charge in [0.05, 0.1) is 42.0 Å². The van der Waals surface area contributed by atoms with Gasteiger partial charge in [-0.2, -0.15) is 13.2 Å². The number of nitrogens with zero attached hydrogens (tertiary/aromatic N) is 2. The van der Waals surface area contributed by atoms with Gasteiger partial charge in [-0.25, -0.2) is 0 Å². The van der Waals surface area contributed by atoms with Crippen molar-refractivity contribution >= 4 is 29.1 Å². The minimum absolute atomic E-state index is 0.00455. The van der Waals surface area contributed by atoms with Crippen LogP contribution in [0.2, 0.25) is 0 Å². The normalized spacial score (nSPS) is 25.0. The molecule has 0 radical (unpaired) electrons. The molecule has 7 nitrogen and oxygen atoms in total. The van der Waals surface area contributed by atoms with Gasteiger partial charge in [0.1, 0.15) is 6.04 Å². The highest BCUT2D eigenvalue weighted by molar-refractivity contribution is 6.10. The summed E-state index contributed by atoms with van der Waals surface area (Å²) in [6, 6.07) is 2.08. The average Bonchev–Trinajstić information content (AvgIpc) is 3.03. The minimum atomic E-state index is -4.58. The SMILES string of the molecule is C[C@@H](C(=O)Nc1cc(C(F)(F)F)ccc1N1CCOCC1)N1C(=O)[C@H]2CCCC[C@H]2C1=O. The zero-order valence-corrected chi connectivity index (χ0v) is 17.8. The zero-order chi connectivity index (χ0) is 23.0. The lowest BCUT2D eigenvalue weighted by Gasteiger charge is -2.31. The number of halogens is 3. The fourth-order valence-electron chi connectivity index (χ4n) is 4.82. The first-order valence-electron chi connectivity index (χ1n) is 10.9. The van der Waals surface area contributed by atoms with Gasteiger partial charge < -0.3 is 15.0 Å². The third-order valence-corrected chi connectivity index (χ3v) is 6.58. The Morgan fingerprint density at radius 3 is 2.25 bits per heavy atom. The molecule has 0 aromatic heterocycles. The molecule has 2 aliphatic heterocycles. The fourth-order valence-corrected chi connectivity index (χ4v) is 4.82. The predicted octanol–water partition coefficient (Wildman–Crippen LogP) is 3.04. The molecule has 3 amide bonds. The van der Waals surface area contributed by atoms with E-state index in [0.29, 0.717) is 44.8 Å². The number of morpholine rings is 1. The van der Waals surface area contributed by atoms with Crippen LogP contribution < -0.4 is 10.2 Å². The molecule has 3 atom stereocenters. The molecule has 1 N–H and O–H groups in total. The Kier molecular flexibility index (Phi) is 6.15. The maximum Gasteiger partial charge on any atom is 0.416 e. The lowest BCUT2D eigenvalue weighted by molar-refractivity contribution is -0.146. The molecule has 10 heteroatoms. The Hall–Kier alpha value is -2.62. The number of anilines is 2. The molecular formula is C22H26F3N3O4. The monoisotopic (exact) mass is 453 g/mol. The molecule has 1 saturated carbocycles. The van der Waals surface area contributed by atoms with E-state index in [9.17, 15) is 27.6 Å². The second kappa shape index (κ2) is 8.73. The average molecular weight is 453 g/mol. The lowest BCUT2D eigenvalue weighted by atomic mass is 9.81. The summed E-state index contributed by atoms with van der Waals surface area (Å²) in [7, 11) is 0. The number of rotatable bonds is 4. The van der Waals surface area contributed by atoms with E-state index in [1.807, 2.05) is 4.90 Å². The first-order chi connectivity index (χ1) is 15.2. The quantitative estimate of drug-likeness (QED) is 0.709. The number of carbonyl (C=O) groups is 3. The lowest BCUT2D eigenvalue weighted by Crippen LogP contribution is -2.46. The molecule has 4 rings (SSSR count). The summed E-state index contributed by atoms with van der Waals surface area (Å²) in [5.74, 6) is -2.22. The van der Waals surface area contributed by atoms with E-state index >= 15 is 0 Å². The Morgan fingerprint density at radius 2 is 1.69 bits per heavy atom. The first-order valence-corrected chi connectivity index (χ1v) is 10.9. The maximum atomic E-state index is 13.3. The van der Waals surface area contributed by atoms with Gasteiger partial charge >= 0.3 is 6.18 Å². The van der Waals surface area contributed by atoms with E-state index in [0.717, 1.165) is 29.9 Å². The second-order valence-electron chi connectivity index (χ2n) is 8.54. The predicted molar refractivity (Wildman–Crippen MR) is 110 cm³/mol. The third kappa shape index (κ3) is 4.20. The molecule has 32 heavy (non-hydrogen) atoms. The van der Waals surface area contributed by atoms with Gasteiger partial charge in [-0.05, 0) is 38.0 Å². The highest BCUT2D eigenvalue weighted by atomic mass is 19.4. The molecule has 2 saturated heterocycles. The van der Waals surface area contributed by atoms with E-state index in [2.05, 4.69) is 5.32 Å². The van der Waals surface area contributed by atoms with Crippen molar-refractivity contribution < 1.29 is 32.3 Å². The van der Waals surface area contributed by atoms with Crippen molar-refractivity contribution in [2.24, 2.45) is 11.8 Å². The number of amides is 3. The van der Waals surface area contributed by atoms with Crippen LogP contribution in [0.15, 0.2) is 18.2 Å². The topological polar surface area (TPSA) is 79.0 Å².